The maximum absolute atomic E-state index is 12.4. The number of hydrogen-bond acceptors (Lipinski definition) is 11. The largest absolute Gasteiger partial charge is 0.519 e. The first-order chi connectivity index (χ1) is 18.9. The van der Waals surface area contributed by atoms with E-state index in [1.807, 2.05) is 36.4 Å². The lowest BCUT2D eigenvalue weighted by Gasteiger charge is -2.16. The van der Waals surface area contributed by atoms with E-state index >= 15 is 0 Å². The zero-order valence-corrected chi connectivity index (χ0v) is 21.1. The van der Waals surface area contributed by atoms with Crippen LogP contribution < -0.4 is 16.9 Å². The molecule has 0 aliphatic carbocycles. The van der Waals surface area contributed by atoms with Crippen molar-refractivity contribution in [3.8, 4) is 0 Å². The fourth-order valence-corrected chi connectivity index (χ4v) is 4.34. The van der Waals surface area contributed by atoms with E-state index in [2.05, 4.69) is 15.4 Å². The number of rotatable bonds is 9. The van der Waals surface area contributed by atoms with Crippen LogP contribution in [0.15, 0.2) is 62.4 Å². The Balaban J connectivity index is 1.15. The molecule has 1 amide bonds. The lowest BCUT2D eigenvalue weighted by Crippen LogP contribution is -2.35. The molecule has 13 nitrogen and oxygen atoms in total. The molecule has 4 aromatic rings. The number of carbonyl (C=O) groups excluding carboxylic acids is 2. The van der Waals surface area contributed by atoms with Crippen LogP contribution in [0.1, 0.15) is 41.7 Å². The van der Waals surface area contributed by atoms with Crippen molar-refractivity contribution in [3.05, 3.63) is 82.2 Å². The van der Waals surface area contributed by atoms with Crippen molar-refractivity contribution in [2.45, 2.75) is 51.0 Å². The third-order valence-electron chi connectivity index (χ3n) is 6.32. The summed E-state index contributed by atoms with van der Waals surface area (Å²) in [6.07, 6.45) is 1.69. The zero-order chi connectivity index (χ0) is 27.4. The van der Waals surface area contributed by atoms with Crippen LogP contribution in [-0.4, -0.2) is 45.4 Å². The summed E-state index contributed by atoms with van der Waals surface area (Å²) < 4.78 is 27.8. The Hall–Kier alpha value is -4.49. The van der Waals surface area contributed by atoms with Gasteiger partial charge in [0.2, 0.25) is 0 Å². The van der Waals surface area contributed by atoms with Crippen LogP contribution in [0.2, 0.25) is 0 Å². The van der Waals surface area contributed by atoms with Crippen molar-refractivity contribution in [1.29, 1.82) is 0 Å². The fourth-order valence-electron chi connectivity index (χ4n) is 4.34. The summed E-state index contributed by atoms with van der Waals surface area (Å²) in [5, 5.41) is 6.85. The van der Waals surface area contributed by atoms with Crippen LogP contribution in [0.3, 0.4) is 0 Å². The minimum Gasteiger partial charge on any atom is -0.462 e. The van der Waals surface area contributed by atoms with Crippen molar-refractivity contribution < 1.29 is 32.6 Å². The number of aromatic nitrogens is 3. The summed E-state index contributed by atoms with van der Waals surface area (Å²) in [4.78, 5) is 39.9. The van der Waals surface area contributed by atoms with E-state index in [1.54, 1.807) is 10.6 Å². The molecule has 1 aliphatic rings. The molecule has 3 atom stereocenters. The van der Waals surface area contributed by atoms with E-state index in [4.69, 9.17) is 28.8 Å². The van der Waals surface area contributed by atoms with Gasteiger partial charge in [-0.15, -0.1) is 0 Å². The Morgan fingerprint density at radius 3 is 2.74 bits per heavy atom. The van der Waals surface area contributed by atoms with E-state index in [9.17, 15) is 14.4 Å². The van der Waals surface area contributed by atoms with Gasteiger partial charge < -0.3 is 28.8 Å². The second-order valence-electron chi connectivity index (χ2n) is 9.05. The van der Waals surface area contributed by atoms with Gasteiger partial charge in [0.15, 0.2) is 23.9 Å². The van der Waals surface area contributed by atoms with Crippen LogP contribution >= 0.6 is 0 Å². The molecule has 204 valence electrons. The Morgan fingerprint density at radius 1 is 1.15 bits per heavy atom. The molecule has 0 unspecified atom stereocenters. The Kier molecular flexibility index (Phi) is 7.70. The van der Waals surface area contributed by atoms with Crippen LogP contribution in [0.4, 0.5) is 10.6 Å². The smallest absolute Gasteiger partial charge is 0.462 e. The Labute approximate surface area is 221 Å². The summed E-state index contributed by atoms with van der Waals surface area (Å²) in [6.45, 7) is 1.35. The van der Waals surface area contributed by atoms with Gasteiger partial charge in [-0.25, -0.2) is 19.1 Å². The second kappa shape index (κ2) is 11.5. The number of aryl methyl sites for hydroxylation is 1. The number of fused-ring (bicyclic) bond motifs is 1. The second-order valence-corrected chi connectivity index (χ2v) is 9.05. The van der Waals surface area contributed by atoms with Crippen molar-refractivity contribution >= 4 is 23.4 Å². The predicted molar refractivity (Wildman–Crippen MR) is 135 cm³/mol. The number of ether oxygens (including phenoxy) is 3. The highest BCUT2D eigenvalue weighted by Gasteiger charge is 2.30. The number of esters is 1. The minimum absolute atomic E-state index is 0.102. The average molecular weight is 538 g/mol. The number of amides is 1. The highest BCUT2D eigenvalue weighted by Crippen LogP contribution is 2.34. The van der Waals surface area contributed by atoms with Gasteiger partial charge in [0.05, 0.1) is 11.8 Å². The minimum atomic E-state index is -0.870. The molecular weight excluding hydrogens is 510 g/mol. The number of nitrogens with two attached hydrogens (primary N) is 1. The highest BCUT2D eigenvalue weighted by molar-refractivity contribution is 5.88. The lowest BCUT2D eigenvalue weighted by atomic mass is 10.1. The molecule has 3 N–H and O–H groups in total. The summed E-state index contributed by atoms with van der Waals surface area (Å²) >= 11 is 0. The summed E-state index contributed by atoms with van der Waals surface area (Å²) in [5.41, 5.74) is 8.26. The Bertz CT molecular complexity index is 1510. The van der Waals surface area contributed by atoms with Gasteiger partial charge in [0.1, 0.15) is 30.6 Å². The predicted octanol–water partition coefficient (Wildman–Crippen LogP) is 2.67. The summed E-state index contributed by atoms with van der Waals surface area (Å²) in [6, 6.07) is 12.4. The third-order valence-corrected chi connectivity index (χ3v) is 6.32. The topological polar surface area (TPSA) is 173 Å². The standard InChI is InChI=1S/C26H27N5O8/c1-15-22(39-26(34)37-15)13-36-25(33)30-23-20-9-8-19(31(20)29-14-28-23)21-10-7-17(38-21)12-35-24(32)18(27)11-16-5-3-2-4-6-16/h2-6,8-9,14,17-18,21H,7,10-13,27H2,1H3,(H,28,29,30,33)/t17-,18-,21+/m0/s1. The van der Waals surface area contributed by atoms with Crippen LogP contribution in [-0.2, 0) is 32.0 Å². The molecule has 13 heteroatoms. The molecule has 0 radical (unpaired) electrons. The lowest BCUT2D eigenvalue weighted by molar-refractivity contribution is -0.149. The normalized spacial score (nSPS) is 17.7. The molecule has 39 heavy (non-hydrogen) atoms. The molecule has 3 aromatic heterocycles. The zero-order valence-electron chi connectivity index (χ0n) is 21.1. The SMILES string of the molecule is Cc1oc(=O)oc1COC(=O)Nc1ncnn2c([C@H]3CC[C@@H](COC(=O)[C@@H](N)Cc4ccccc4)O3)ccc12. The van der Waals surface area contributed by atoms with Gasteiger partial charge in [-0.2, -0.15) is 5.10 Å². The highest BCUT2D eigenvalue weighted by atomic mass is 16.6. The Morgan fingerprint density at radius 2 is 1.97 bits per heavy atom. The van der Waals surface area contributed by atoms with Gasteiger partial charge in [-0.3, -0.25) is 10.1 Å². The molecular formula is C26H27N5O8. The van der Waals surface area contributed by atoms with Crippen LogP contribution in [0, 0.1) is 6.92 Å². The van der Waals surface area contributed by atoms with E-state index in [1.165, 1.54) is 13.3 Å². The fraction of sp³-hybridized carbons (Fsp3) is 0.346. The summed E-state index contributed by atoms with van der Waals surface area (Å²) in [7, 11) is 0. The molecule has 0 spiro atoms. The molecule has 1 aliphatic heterocycles. The van der Waals surface area contributed by atoms with Crippen molar-refractivity contribution in [3.63, 3.8) is 0 Å². The number of carbonyl (C=O) groups is 2. The van der Waals surface area contributed by atoms with Crippen molar-refractivity contribution in [2.75, 3.05) is 11.9 Å². The van der Waals surface area contributed by atoms with Gasteiger partial charge in [0.25, 0.3) is 0 Å². The number of benzene rings is 1. The monoisotopic (exact) mass is 537 g/mol. The third kappa shape index (κ3) is 6.16. The first-order valence-electron chi connectivity index (χ1n) is 12.3. The van der Waals surface area contributed by atoms with Gasteiger partial charge in [-0.05, 0) is 43.9 Å². The van der Waals surface area contributed by atoms with Crippen molar-refractivity contribution in [2.24, 2.45) is 5.73 Å². The maximum atomic E-state index is 12.4. The molecule has 1 fully saturated rings. The molecule has 0 bridgehead atoms. The first kappa shape index (κ1) is 26.1. The van der Waals surface area contributed by atoms with Crippen LogP contribution in [0.5, 0.6) is 0 Å². The van der Waals surface area contributed by atoms with E-state index in [0.717, 1.165) is 11.3 Å². The maximum Gasteiger partial charge on any atom is 0.519 e. The van der Waals surface area contributed by atoms with E-state index < -0.39 is 23.9 Å². The average Bonchev–Trinajstić information content (AvgIpc) is 3.65. The molecule has 0 saturated carbocycles. The number of nitrogens with zero attached hydrogens (tertiary/aromatic N) is 3. The van der Waals surface area contributed by atoms with E-state index in [0.29, 0.717) is 24.8 Å². The number of nitrogens with one attached hydrogen (secondary N) is 1. The first-order valence-corrected chi connectivity index (χ1v) is 12.3. The van der Waals surface area contributed by atoms with Crippen LogP contribution in [0.25, 0.3) is 5.52 Å². The number of hydrogen-bond donors (Lipinski definition) is 2. The van der Waals surface area contributed by atoms with E-state index in [-0.39, 0.29) is 42.8 Å². The van der Waals surface area contributed by atoms with Gasteiger partial charge in [-0.1, -0.05) is 30.3 Å². The number of anilines is 1. The molecule has 5 rings (SSSR count). The summed E-state index contributed by atoms with van der Waals surface area (Å²) in [5.74, 6) is -0.772. The van der Waals surface area contributed by atoms with Gasteiger partial charge in [0, 0.05) is 0 Å². The molecule has 1 aromatic carbocycles. The van der Waals surface area contributed by atoms with Gasteiger partial charge >= 0.3 is 17.9 Å². The molecule has 4 heterocycles. The quantitative estimate of drug-likeness (QED) is 0.300. The van der Waals surface area contributed by atoms with Crippen molar-refractivity contribution in [1.82, 2.24) is 14.6 Å². The molecule has 1 saturated heterocycles.